The van der Waals surface area contributed by atoms with Gasteiger partial charge in [-0.1, -0.05) is 13.8 Å². The monoisotopic (exact) mass is 202 g/mol. The average Bonchev–Trinajstić information content (AvgIpc) is 2.14. The molecule has 0 aromatic carbocycles. The SMILES string of the molecule is CC[C@H](C)[C@H]([NH3+])C(=O)N[C@@H](C)C(=O)[O-]. The summed E-state index contributed by atoms with van der Waals surface area (Å²) in [5.74, 6) is -1.48. The summed E-state index contributed by atoms with van der Waals surface area (Å²) in [5, 5.41) is 12.7. The minimum atomic E-state index is -1.28. The molecule has 0 aliphatic rings. The molecule has 14 heavy (non-hydrogen) atoms. The molecule has 3 atom stereocenters. The molecule has 0 saturated carbocycles. The Morgan fingerprint density at radius 1 is 1.43 bits per heavy atom. The van der Waals surface area contributed by atoms with Gasteiger partial charge in [0.2, 0.25) is 0 Å². The van der Waals surface area contributed by atoms with Crippen LogP contribution in [0.25, 0.3) is 0 Å². The first-order chi connectivity index (χ1) is 6.40. The Kier molecular flexibility index (Phi) is 5.15. The quantitative estimate of drug-likeness (QED) is 0.534. The lowest BCUT2D eigenvalue weighted by atomic mass is 9.99. The van der Waals surface area contributed by atoms with Crippen molar-refractivity contribution in [2.45, 2.75) is 39.3 Å². The van der Waals surface area contributed by atoms with Gasteiger partial charge in [0.25, 0.3) is 5.91 Å². The highest BCUT2D eigenvalue weighted by Crippen LogP contribution is 2.03. The molecule has 0 bridgehead atoms. The van der Waals surface area contributed by atoms with Gasteiger partial charge < -0.3 is 21.0 Å². The number of amides is 1. The highest BCUT2D eigenvalue weighted by atomic mass is 16.4. The minimum absolute atomic E-state index is 0.143. The molecular formula is C9H18N2O3. The van der Waals surface area contributed by atoms with E-state index in [0.29, 0.717) is 0 Å². The van der Waals surface area contributed by atoms with Crippen LogP contribution in [0.2, 0.25) is 0 Å². The van der Waals surface area contributed by atoms with E-state index in [2.05, 4.69) is 11.1 Å². The number of hydrogen-bond acceptors (Lipinski definition) is 3. The summed E-state index contributed by atoms with van der Waals surface area (Å²) in [5.41, 5.74) is 3.70. The van der Waals surface area contributed by atoms with Crippen molar-refractivity contribution < 1.29 is 20.4 Å². The van der Waals surface area contributed by atoms with E-state index >= 15 is 0 Å². The maximum atomic E-state index is 11.4. The van der Waals surface area contributed by atoms with Crippen molar-refractivity contribution in [3.8, 4) is 0 Å². The maximum absolute atomic E-state index is 11.4. The van der Waals surface area contributed by atoms with Gasteiger partial charge in [0.1, 0.15) is 0 Å². The molecule has 5 heteroatoms. The van der Waals surface area contributed by atoms with Crippen molar-refractivity contribution in [1.82, 2.24) is 5.32 Å². The van der Waals surface area contributed by atoms with E-state index < -0.39 is 18.1 Å². The molecule has 0 saturated heterocycles. The van der Waals surface area contributed by atoms with Gasteiger partial charge in [-0.2, -0.15) is 0 Å². The van der Waals surface area contributed by atoms with Crippen LogP contribution in [0.15, 0.2) is 0 Å². The lowest BCUT2D eigenvalue weighted by Crippen LogP contribution is -2.71. The molecule has 82 valence electrons. The second kappa shape index (κ2) is 5.59. The normalized spacial score (nSPS) is 16.9. The summed E-state index contributed by atoms with van der Waals surface area (Å²) >= 11 is 0. The summed E-state index contributed by atoms with van der Waals surface area (Å²) in [6.45, 7) is 5.23. The molecule has 0 rings (SSSR count). The van der Waals surface area contributed by atoms with Crippen LogP contribution >= 0.6 is 0 Å². The molecule has 0 unspecified atom stereocenters. The number of carboxylic acid groups (broad SMARTS) is 1. The lowest BCUT2D eigenvalue weighted by molar-refractivity contribution is -0.415. The zero-order chi connectivity index (χ0) is 11.3. The zero-order valence-corrected chi connectivity index (χ0v) is 8.87. The first-order valence-corrected chi connectivity index (χ1v) is 4.74. The topological polar surface area (TPSA) is 96.9 Å². The summed E-state index contributed by atoms with van der Waals surface area (Å²) < 4.78 is 0. The molecule has 0 aromatic heterocycles. The van der Waals surface area contributed by atoms with Crippen molar-refractivity contribution >= 4 is 11.9 Å². The van der Waals surface area contributed by atoms with E-state index in [1.807, 2.05) is 13.8 Å². The van der Waals surface area contributed by atoms with Gasteiger partial charge in [-0.25, -0.2) is 0 Å². The molecule has 0 heterocycles. The fraction of sp³-hybridized carbons (Fsp3) is 0.778. The van der Waals surface area contributed by atoms with Gasteiger partial charge in [-0.15, -0.1) is 0 Å². The average molecular weight is 202 g/mol. The Morgan fingerprint density at radius 3 is 2.29 bits per heavy atom. The standard InChI is InChI=1S/C9H18N2O3/c1-4-5(2)7(10)8(12)11-6(3)9(13)14/h5-7H,4,10H2,1-3H3,(H,11,12)(H,13,14)/t5-,6-,7-/m0/s1. The minimum Gasteiger partial charge on any atom is -0.548 e. The second-order valence-electron chi connectivity index (χ2n) is 3.54. The van der Waals surface area contributed by atoms with Gasteiger partial charge in [0, 0.05) is 5.92 Å². The molecule has 0 aliphatic heterocycles. The van der Waals surface area contributed by atoms with Gasteiger partial charge in [0.15, 0.2) is 6.04 Å². The zero-order valence-electron chi connectivity index (χ0n) is 8.87. The molecular weight excluding hydrogens is 184 g/mol. The van der Waals surface area contributed by atoms with Crippen molar-refractivity contribution in [2.75, 3.05) is 0 Å². The van der Waals surface area contributed by atoms with Crippen LogP contribution in [-0.2, 0) is 9.59 Å². The van der Waals surface area contributed by atoms with Crippen molar-refractivity contribution in [3.05, 3.63) is 0 Å². The van der Waals surface area contributed by atoms with Crippen LogP contribution in [0.3, 0.4) is 0 Å². The molecule has 1 amide bonds. The number of carbonyl (C=O) groups is 2. The Hall–Kier alpha value is -1.10. The molecule has 0 aromatic rings. The van der Waals surface area contributed by atoms with Crippen LogP contribution in [0.5, 0.6) is 0 Å². The third kappa shape index (κ3) is 3.74. The molecule has 5 nitrogen and oxygen atoms in total. The number of carboxylic acids is 1. The van der Waals surface area contributed by atoms with E-state index in [1.165, 1.54) is 6.92 Å². The van der Waals surface area contributed by atoms with Crippen LogP contribution in [0.4, 0.5) is 0 Å². The van der Waals surface area contributed by atoms with E-state index in [4.69, 9.17) is 0 Å². The third-order valence-electron chi connectivity index (χ3n) is 2.38. The van der Waals surface area contributed by atoms with E-state index in [-0.39, 0.29) is 11.8 Å². The summed E-state index contributed by atoms with van der Waals surface area (Å²) in [4.78, 5) is 21.7. The van der Waals surface area contributed by atoms with Gasteiger partial charge >= 0.3 is 0 Å². The maximum Gasteiger partial charge on any atom is 0.278 e. The fourth-order valence-electron chi connectivity index (χ4n) is 0.922. The summed E-state index contributed by atoms with van der Waals surface area (Å²) in [6.07, 6.45) is 0.835. The molecule has 0 spiro atoms. The predicted molar refractivity (Wildman–Crippen MR) is 48.7 cm³/mol. The van der Waals surface area contributed by atoms with Crippen molar-refractivity contribution in [3.63, 3.8) is 0 Å². The van der Waals surface area contributed by atoms with Crippen molar-refractivity contribution in [1.29, 1.82) is 0 Å². The van der Waals surface area contributed by atoms with Crippen LogP contribution in [0.1, 0.15) is 27.2 Å². The van der Waals surface area contributed by atoms with Gasteiger partial charge in [-0.3, -0.25) is 4.79 Å². The number of aliphatic carboxylic acids is 1. The predicted octanol–water partition coefficient (Wildman–Crippen LogP) is -2.10. The smallest absolute Gasteiger partial charge is 0.278 e. The van der Waals surface area contributed by atoms with Gasteiger partial charge in [-0.05, 0) is 13.3 Å². The van der Waals surface area contributed by atoms with E-state index in [1.54, 1.807) is 0 Å². The lowest BCUT2D eigenvalue weighted by Gasteiger charge is -2.19. The number of carbonyl (C=O) groups excluding carboxylic acids is 2. The second-order valence-corrected chi connectivity index (χ2v) is 3.54. The Balaban J connectivity index is 4.14. The van der Waals surface area contributed by atoms with Crippen LogP contribution in [-0.4, -0.2) is 24.0 Å². The summed E-state index contributed by atoms with van der Waals surface area (Å²) in [7, 11) is 0. The number of quaternary nitrogens is 1. The first-order valence-electron chi connectivity index (χ1n) is 4.74. The van der Waals surface area contributed by atoms with Crippen molar-refractivity contribution in [2.24, 2.45) is 5.92 Å². The highest BCUT2D eigenvalue weighted by Gasteiger charge is 2.24. The molecule has 4 N–H and O–H groups in total. The number of nitrogens with one attached hydrogen (secondary N) is 1. The number of hydrogen-bond donors (Lipinski definition) is 2. The van der Waals surface area contributed by atoms with E-state index in [0.717, 1.165) is 6.42 Å². The van der Waals surface area contributed by atoms with Crippen LogP contribution < -0.4 is 16.2 Å². The Morgan fingerprint density at radius 2 is 1.93 bits per heavy atom. The Bertz CT molecular complexity index is 218. The molecule has 0 radical (unpaired) electrons. The molecule has 0 fully saturated rings. The third-order valence-corrected chi connectivity index (χ3v) is 2.38. The summed E-state index contributed by atoms with van der Waals surface area (Å²) in [6, 6.07) is -1.38. The van der Waals surface area contributed by atoms with Gasteiger partial charge in [0.05, 0.1) is 12.0 Å². The number of rotatable bonds is 5. The Labute approximate surface area is 83.7 Å². The van der Waals surface area contributed by atoms with E-state index in [9.17, 15) is 14.7 Å². The molecule has 0 aliphatic carbocycles. The van der Waals surface area contributed by atoms with Crippen LogP contribution in [0, 0.1) is 5.92 Å². The first kappa shape index (κ1) is 12.9. The highest BCUT2D eigenvalue weighted by molar-refractivity contribution is 5.85. The fourth-order valence-corrected chi connectivity index (χ4v) is 0.922. The largest absolute Gasteiger partial charge is 0.548 e.